The van der Waals surface area contributed by atoms with Gasteiger partial charge in [-0.3, -0.25) is 14.4 Å². The molecule has 1 saturated carbocycles. The highest BCUT2D eigenvalue weighted by atomic mass is 16.6. The number of carbonyl (C=O) groups excluding carboxylic acids is 3. The van der Waals surface area contributed by atoms with Gasteiger partial charge in [-0.15, -0.1) is 0 Å². The standard InChI is InChI=1S/C30H36N2O6/c1-29-14-9-17-37-28(36)24(29)23-26(34)32(22(19-33)18-20-10-4-2-5-11-20)25-27(35)31(21-12-6-3-7-13-21)16-8-15-30(23,25)38-29/h2,4-5,8-11,14-15,21-25,33H,3,6-7,12-13,16-19H2,1H3/t22-,23+,24-,25?,29+,30+/m1/s1. The lowest BCUT2D eigenvalue weighted by Gasteiger charge is -2.42. The van der Waals surface area contributed by atoms with Crippen molar-refractivity contribution in [3.8, 4) is 0 Å². The summed E-state index contributed by atoms with van der Waals surface area (Å²) < 4.78 is 12.2. The number of ether oxygens (including phenoxy) is 2. The molecule has 2 amide bonds. The first-order valence-electron chi connectivity index (χ1n) is 13.9. The van der Waals surface area contributed by atoms with E-state index in [-0.39, 0.29) is 31.1 Å². The molecule has 1 aliphatic carbocycles. The summed E-state index contributed by atoms with van der Waals surface area (Å²) in [4.78, 5) is 45.7. The molecule has 0 bridgehead atoms. The highest BCUT2D eigenvalue weighted by Crippen LogP contribution is 2.58. The Kier molecular flexibility index (Phi) is 6.43. The molecule has 6 atom stereocenters. The number of rotatable bonds is 5. The van der Waals surface area contributed by atoms with Gasteiger partial charge in [0.05, 0.1) is 24.2 Å². The molecule has 8 nitrogen and oxygen atoms in total. The van der Waals surface area contributed by atoms with Gasteiger partial charge in [0, 0.05) is 12.6 Å². The average molecular weight is 521 g/mol. The zero-order valence-corrected chi connectivity index (χ0v) is 21.8. The summed E-state index contributed by atoms with van der Waals surface area (Å²) in [7, 11) is 0. The minimum Gasteiger partial charge on any atom is -0.461 e. The number of aliphatic hydroxyl groups is 1. The SMILES string of the molecule is C[C@]12C=CCOC(=O)[C@H]1[C@H]1C(=O)N([C@@H](CO)Cc3ccccc3)C3C(=O)N(C4CCCCC4)CC=C[C@@]31O2. The molecule has 1 N–H and O–H groups in total. The van der Waals surface area contributed by atoms with Gasteiger partial charge in [0.2, 0.25) is 11.8 Å². The Balaban J connectivity index is 1.46. The lowest BCUT2D eigenvalue weighted by Crippen LogP contribution is -2.60. The molecule has 202 valence electrons. The van der Waals surface area contributed by atoms with Crippen LogP contribution in [0.1, 0.15) is 44.6 Å². The molecule has 6 rings (SSSR count). The molecule has 2 saturated heterocycles. The number of amides is 2. The number of hydrogen-bond acceptors (Lipinski definition) is 6. The number of cyclic esters (lactones) is 1. The number of hydrogen-bond donors (Lipinski definition) is 1. The maximum Gasteiger partial charge on any atom is 0.313 e. The number of aliphatic hydroxyl groups excluding tert-OH is 1. The lowest BCUT2D eigenvalue weighted by atomic mass is 9.74. The summed E-state index contributed by atoms with van der Waals surface area (Å²) in [6, 6.07) is 8.12. The van der Waals surface area contributed by atoms with Crippen molar-refractivity contribution in [1.29, 1.82) is 0 Å². The number of esters is 1. The van der Waals surface area contributed by atoms with Gasteiger partial charge in [-0.25, -0.2) is 0 Å². The van der Waals surface area contributed by atoms with Gasteiger partial charge in [0.1, 0.15) is 24.2 Å². The third kappa shape index (κ3) is 3.83. The average Bonchev–Trinajstić information content (AvgIpc) is 3.19. The summed E-state index contributed by atoms with van der Waals surface area (Å²) in [6.07, 6.45) is 12.9. The van der Waals surface area contributed by atoms with Gasteiger partial charge in [-0.2, -0.15) is 0 Å². The molecule has 4 aliphatic heterocycles. The molecule has 4 heterocycles. The van der Waals surface area contributed by atoms with Crippen molar-refractivity contribution in [2.24, 2.45) is 11.8 Å². The molecule has 8 heteroatoms. The van der Waals surface area contributed by atoms with Gasteiger partial charge < -0.3 is 24.4 Å². The van der Waals surface area contributed by atoms with E-state index in [9.17, 15) is 19.5 Å². The van der Waals surface area contributed by atoms with Crippen LogP contribution in [-0.2, 0) is 30.3 Å². The second-order valence-corrected chi connectivity index (χ2v) is 11.5. The quantitative estimate of drug-likeness (QED) is 0.473. The minimum atomic E-state index is -1.33. The number of likely N-dealkylation sites (tertiary alicyclic amines) is 1. The predicted molar refractivity (Wildman–Crippen MR) is 139 cm³/mol. The van der Waals surface area contributed by atoms with Crippen LogP contribution >= 0.6 is 0 Å². The van der Waals surface area contributed by atoms with Crippen LogP contribution in [0, 0.1) is 11.8 Å². The van der Waals surface area contributed by atoms with Crippen molar-refractivity contribution >= 4 is 17.8 Å². The van der Waals surface area contributed by atoms with Crippen LogP contribution in [0.3, 0.4) is 0 Å². The normalized spacial score (nSPS) is 35.8. The first kappa shape index (κ1) is 25.3. The number of nitrogens with zero attached hydrogens (tertiary/aromatic N) is 2. The summed E-state index contributed by atoms with van der Waals surface area (Å²) in [5.74, 6) is -2.82. The molecule has 3 fully saturated rings. The third-order valence-corrected chi connectivity index (χ3v) is 9.22. The monoisotopic (exact) mass is 520 g/mol. The molecular weight excluding hydrogens is 484 g/mol. The number of fused-ring (bicyclic) bond motifs is 2. The molecule has 1 spiro atoms. The first-order valence-corrected chi connectivity index (χ1v) is 13.9. The van der Waals surface area contributed by atoms with Crippen LogP contribution in [0.2, 0.25) is 0 Å². The van der Waals surface area contributed by atoms with E-state index >= 15 is 0 Å². The second-order valence-electron chi connectivity index (χ2n) is 11.5. The lowest BCUT2D eigenvalue weighted by molar-refractivity contribution is -0.160. The highest BCUT2D eigenvalue weighted by molar-refractivity contribution is 5.99. The van der Waals surface area contributed by atoms with E-state index in [0.29, 0.717) is 13.0 Å². The molecule has 0 radical (unpaired) electrons. The molecule has 5 aliphatic rings. The Labute approximate surface area is 223 Å². The number of carbonyl (C=O) groups is 3. The Bertz CT molecular complexity index is 1160. The predicted octanol–water partition coefficient (Wildman–Crippen LogP) is 2.40. The van der Waals surface area contributed by atoms with Crippen LogP contribution in [-0.4, -0.2) is 81.8 Å². The summed E-state index contributed by atoms with van der Waals surface area (Å²) in [6.45, 7) is 2.04. The smallest absolute Gasteiger partial charge is 0.313 e. The summed E-state index contributed by atoms with van der Waals surface area (Å²) in [5, 5.41) is 10.6. The van der Waals surface area contributed by atoms with E-state index in [1.54, 1.807) is 24.0 Å². The molecular formula is C30H36N2O6. The molecule has 38 heavy (non-hydrogen) atoms. The topological polar surface area (TPSA) is 96.4 Å². The Hall–Kier alpha value is -2.97. The molecule has 1 aromatic rings. The van der Waals surface area contributed by atoms with E-state index in [1.807, 2.05) is 47.4 Å². The van der Waals surface area contributed by atoms with Gasteiger partial charge in [-0.05, 0) is 37.8 Å². The fourth-order valence-electron chi connectivity index (χ4n) is 7.56. The Morgan fingerprint density at radius 3 is 2.50 bits per heavy atom. The largest absolute Gasteiger partial charge is 0.461 e. The van der Waals surface area contributed by atoms with Crippen molar-refractivity contribution in [2.75, 3.05) is 19.8 Å². The highest BCUT2D eigenvalue weighted by Gasteiger charge is 2.75. The van der Waals surface area contributed by atoms with Crippen molar-refractivity contribution < 1.29 is 29.0 Å². The van der Waals surface area contributed by atoms with Gasteiger partial charge in [0.15, 0.2) is 0 Å². The van der Waals surface area contributed by atoms with Crippen molar-refractivity contribution in [2.45, 2.75) is 74.8 Å². The van der Waals surface area contributed by atoms with E-state index in [4.69, 9.17) is 9.47 Å². The molecule has 1 unspecified atom stereocenters. The first-order chi connectivity index (χ1) is 18.4. The van der Waals surface area contributed by atoms with E-state index in [0.717, 1.165) is 37.7 Å². The Morgan fingerprint density at radius 2 is 1.76 bits per heavy atom. The maximum atomic E-state index is 14.5. The van der Waals surface area contributed by atoms with Crippen molar-refractivity contribution in [1.82, 2.24) is 9.80 Å². The van der Waals surface area contributed by atoms with Gasteiger partial charge >= 0.3 is 5.97 Å². The van der Waals surface area contributed by atoms with Gasteiger partial charge in [-0.1, -0.05) is 67.8 Å². The minimum absolute atomic E-state index is 0.0982. The molecule has 1 aromatic carbocycles. The van der Waals surface area contributed by atoms with Crippen molar-refractivity contribution in [3.05, 3.63) is 60.2 Å². The van der Waals surface area contributed by atoms with Crippen LogP contribution < -0.4 is 0 Å². The Morgan fingerprint density at radius 1 is 1.00 bits per heavy atom. The molecule has 0 aromatic heterocycles. The van der Waals surface area contributed by atoms with Crippen LogP contribution in [0.5, 0.6) is 0 Å². The van der Waals surface area contributed by atoms with E-state index < -0.39 is 41.1 Å². The second kappa shape index (κ2) is 9.65. The van der Waals surface area contributed by atoms with Crippen LogP contribution in [0.15, 0.2) is 54.6 Å². The third-order valence-electron chi connectivity index (χ3n) is 9.22. The van der Waals surface area contributed by atoms with Gasteiger partial charge in [0.25, 0.3) is 0 Å². The maximum absolute atomic E-state index is 14.5. The fourth-order valence-corrected chi connectivity index (χ4v) is 7.56. The zero-order chi connectivity index (χ0) is 26.5. The summed E-state index contributed by atoms with van der Waals surface area (Å²) >= 11 is 0. The van der Waals surface area contributed by atoms with E-state index in [2.05, 4.69) is 0 Å². The van der Waals surface area contributed by atoms with Crippen LogP contribution in [0.4, 0.5) is 0 Å². The van der Waals surface area contributed by atoms with E-state index in [1.165, 1.54) is 0 Å². The zero-order valence-electron chi connectivity index (χ0n) is 21.8. The fraction of sp³-hybridized carbons (Fsp3) is 0.567. The van der Waals surface area contributed by atoms with Crippen molar-refractivity contribution in [3.63, 3.8) is 0 Å². The van der Waals surface area contributed by atoms with Crippen LogP contribution in [0.25, 0.3) is 0 Å². The number of benzene rings is 1. The summed E-state index contributed by atoms with van der Waals surface area (Å²) in [5.41, 5.74) is -1.47.